The largest absolute Gasteiger partial charge is 0.207 e. The highest BCUT2D eigenvalue weighted by molar-refractivity contribution is 14.1. The summed E-state index contributed by atoms with van der Waals surface area (Å²) >= 11 is 8.56. The molecule has 0 saturated heterocycles. The predicted molar refractivity (Wildman–Crippen MR) is 82.7 cm³/mol. The van der Waals surface area contributed by atoms with E-state index in [0.717, 1.165) is 25.8 Å². The number of hydrogen-bond acceptors (Lipinski definition) is 0. The molecule has 0 N–H and O–H groups in total. The monoisotopic (exact) mass is 392 g/mol. The molecule has 2 aromatic rings. The predicted octanol–water partition coefficient (Wildman–Crippen LogP) is 5.51. The van der Waals surface area contributed by atoms with E-state index in [1.54, 1.807) is 6.07 Å². The molecule has 0 aliphatic heterocycles. The van der Waals surface area contributed by atoms with Crippen molar-refractivity contribution in [2.75, 3.05) is 0 Å². The van der Waals surface area contributed by atoms with Crippen LogP contribution in [-0.4, -0.2) is 0 Å². The summed E-state index contributed by atoms with van der Waals surface area (Å²) in [5.74, 6) is -0.555. The summed E-state index contributed by atoms with van der Waals surface area (Å²) in [7, 11) is 0. The van der Waals surface area contributed by atoms with Crippen molar-refractivity contribution in [3.05, 3.63) is 67.8 Å². The number of halogens is 4. The molecule has 0 bridgehead atoms. The summed E-state index contributed by atoms with van der Waals surface area (Å²) in [6.07, 6.45) is 0. The van der Waals surface area contributed by atoms with Crippen LogP contribution in [0, 0.1) is 29.1 Å². The Morgan fingerprint density at radius 1 is 1.00 bits per heavy atom. The summed E-state index contributed by atoms with van der Waals surface area (Å²) < 4.78 is 27.2. The average molecular weight is 393 g/mol. The highest BCUT2D eigenvalue weighted by Crippen LogP contribution is 2.36. The third kappa shape index (κ3) is 3.08. The summed E-state index contributed by atoms with van der Waals surface area (Å²) in [6.45, 7) is 3.66. The van der Waals surface area contributed by atoms with Gasteiger partial charge in [0.1, 0.15) is 11.6 Å². The van der Waals surface area contributed by atoms with E-state index in [-0.39, 0.29) is 11.6 Å². The number of rotatable bonds is 2. The first-order valence-electron chi connectivity index (χ1n) is 5.76. The lowest BCUT2D eigenvalue weighted by molar-refractivity contribution is 0.624. The summed E-state index contributed by atoms with van der Waals surface area (Å²) in [6, 6.07) is 7.44. The zero-order chi connectivity index (χ0) is 14.2. The van der Waals surface area contributed by atoms with E-state index in [1.165, 1.54) is 24.3 Å². The third-order valence-corrected chi connectivity index (χ3v) is 4.44. The fourth-order valence-electron chi connectivity index (χ4n) is 2.18. The Labute approximate surface area is 129 Å². The van der Waals surface area contributed by atoms with E-state index in [9.17, 15) is 8.78 Å². The molecule has 1 unspecified atom stereocenters. The molecule has 0 aliphatic carbocycles. The van der Waals surface area contributed by atoms with Crippen molar-refractivity contribution in [3.8, 4) is 0 Å². The number of benzene rings is 2. The topological polar surface area (TPSA) is 0 Å². The van der Waals surface area contributed by atoms with Crippen molar-refractivity contribution in [3.63, 3.8) is 0 Å². The lowest BCUT2D eigenvalue weighted by Crippen LogP contribution is -2.02. The summed E-state index contributed by atoms with van der Waals surface area (Å²) in [5, 5.41) is -0.409. The maximum absolute atomic E-state index is 13.3. The molecule has 100 valence electrons. The molecular weight excluding hydrogens is 381 g/mol. The van der Waals surface area contributed by atoms with Crippen LogP contribution in [0.1, 0.15) is 27.6 Å². The minimum Gasteiger partial charge on any atom is -0.207 e. The standard InChI is InChI=1S/C15H12ClF2I/c1-8-5-11(18)6-9(2)14(8)15(16)12-4-3-10(17)7-13(12)19/h3-7,15H,1-2H3. The van der Waals surface area contributed by atoms with Gasteiger partial charge in [0.05, 0.1) is 5.38 Å². The van der Waals surface area contributed by atoms with E-state index in [4.69, 9.17) is 11.6 Å². The summed E-state index contributed by atoms with van der Waals surface area (Å²) in [5.41, 5.74) is 3.32. The van der Waals surface area contributed by atoms with Gasteiger partial charge in [-0.3, -0.25) is 0 Å². The van der Waals surface area contributed by atoms with Crippen molar-refractivity contribution < 1.29 is 8.78 Å². The van der Waals surface area contributed by atoms with Crippen LogP contribution in [0.5, 0.6) is 0 Å². The quantitative estimate of drug-likeness (QED) is 0.467. The molecular formula is C15H12ClF2I. The minimum atomic E-state index is -0.409. The van der Waals surface area contributed by atoms with Gasteiger partial charge in [-0.25, -0.2) is 8.78 Å². The molecule has 0 amide bonds. The van der Waals surface area contributed by atoms with Gasteiger partial charge in [0.25, 0.3) is 0 Å². The van der Waals surface area contributed by atoms with Crippen molar-refractivity contribution in [2.45, 2.75) is 19.2 Å². The fourth-order valence-corrected chi connectivity index (χ4v) is 3.69. The van der Waals surface area contributed by atoms with Gasteiger partial charge in [-0.2, -0.15) is 0 Å². The Bertz CT molecular complexity index is 603. The number of aryl methyl sites for hydroxylation is 2. The zero-order valence-corrected chi connectivity index (χ0v) is 13.4. The maximum Gasteiger partial charge on any atom is 0.124 e. The molecule has 0 aliphatic rings. The third-order valence-electron chi connectivity index (χ3n) is 3.05. The van der Waals surface area contributed by atoms with E-state index in [1.807, 2.05) is 13.8 Å². The van der Waals surface area contributed by atoms with Gasteiger partial charge in [-0.05, 0) is 83.0 Å². The van der Waals surface area contributed by atoms with Crippen LogP contribution in [0.25, 0.3) is 0 Å². The first kappa shape index (κ1) is 14.7. The molecule has 19 heavy (non-hydrogen) atoms. The molecule has 0 nitrogen and oxygen atoms in total. The van der Waals surface area contributed by atoms with Crippen LogP contribution in [0.15, 0.2) is 30.3 Å². The molecule has 4 heteroatoms. The van der Waals surface area contributed by atoms with Crippen LogP contribution in [0.2, 0.25) is 0 Å². The van der Waals surface area contributed by atoms with Gasteiger partial charge < -0.3 is 0 Å². The molecule has 0 fully saturated rings. The van der Waals surface area contributed by atoms with E-state index >= 15 is 0 Å². The minimum absolute atomic E-state index is 0.267. The van der Waals surface area contributed by atoms with E-state index in [2.05, 4.69) is 22.6 Å². The lowest BCUT2D eigenvalue weighted by atomic mass is 9.95. The molecule has 0 heterocycles. The van der Waals surface area contributed by atoms with Gasteiger partial charge in [-0.15, -0.1) is 11.6 Å². The highest BCUT2D eigenvalue weighted by Gasteiger charge is 2.19. The zero-order valence-electron chi connectivity index (χ0n) is 10.5. The second-order valence-electron chi connectivity index (χ2n) is 4.48. The Kier molecular flexibility index (Phi) is 4.46. The van der Waals surface area contributed by atoms with Crippen LogP contribution >= 0.6 is 34.2 Å². The normalized spacial score (nSPS) is 12.5. The second-order valence-corrected chi connectivity index (χ2v) is 6.08. The van der Waals surface area contributed by atoms with Gasteiger partial charge in [0.15, 0.2) is 0 Å². The number of hydrogen-bond donors (Lipinski definition) is 0. The van der Waals surface area contributed by atoms with Crippen molar-refractivity contribution >= 4 is 34.2 Å². The molecule has 0 aromatic heterocycles. The Morgan fingerprint density at radius 3 is 2.11 bits per heavy atom. The first-order chi connectivity index (χ1) is 8.90. The second kappa shape index (κ2) is 5.75. The number of alkyl halides is 1. The van der Waals surface area contributed by atoms with E-state index < -0.39 is 5.38 Å². The van der Waals surface area contributed by atoms with Crippen molar-refractivity contribution in [2.24, 2.45) is 0 Å². The van der Waals surface area contributed by atoms with Gasteiger partial charge in [0, 0.05) is 3.57 Å². The van der Waals surface area contributed by atoms with Gasteiger partial charge in [0.2, 0.25) is 0 Å². The van der Waals surface area contributed by atoms with Crippen molar-refractivity contribution in [1.29, 1.82) is 0 Å². The Hall–Kier alpha value is -0.680. The smallest absolute Gasteiger partial charge is 0.124 e. The SMILES string of the molecule is Cc1cc(F)cc(C)c1C(Cl)c1ccc(F)cc1I. The molecule has 0 saturated carbocycles. The van der Waals surface area contributed by atoms with E-state index in [0.29, 0.717) is 0 Å². The van der Waals surface area contributed by atoms with Gasteiger partial charge in [-0.1, -0.05) is 6.07 Å². The average Bonchev–Trinajstić information content (AvgIpc) is 2.26. The summed E-state index contributed by atoms with van der Waals surface area (Å²) in [4.78, 5) is 0. The molecule has 0 spiro atoms. The lowest BCUT2D eigenvalue weighted by Gasteiger charge is -2.17. The molecule has 2 rings (SSSR count). The maximum atomic E-state index is 13.3. The van der Waals surface area contributed by atoms with Crippen LogP contribution in [0.3, 0.4) is 0 Å². The highest BCUT2D eigenvalue weighted by atomic mass is 127. The van der Waals surface area contributed by atoms with Crippen LogP contribution in [0.4, 0.5) is 8.78 Å². The molecule has 1 atom stereocenters. The fraction of sp³-hybridized carbons (Fsp3) is 0.200. The Morgan fingerprint density at radius 2 is 1.58 bits per heavy atom. The first-order valence-corrected chi connectivity index (χ1v) is 7.27. The van der Waals surface area contributed by atoms with Crippen LogP contribution in [-0.2, 0) is 0 Å². The van der Waals surface area contributed by atoms with Crippen molar-refractivity contribution in [1.82, 2.24) is 0 Å². The molecule has 2 aromatic carbocycles. The molecule has 0 radical (unpaired) electrons. The van der Waals surface area contributed by atoms with Crippen LogP contribution < -0.4 is 0 Å². The Balaban J connectivity index is 2.53. The van der Waals surface area contributed by atoms with Gasteiger partial charge >= 0.3 is 0 Å².